The molecule has 16 heavy (non-hydrogen) atoms. The number of aliphatic carboxylic acids is 1. The van der Waals surface area contributed by atoms with Crippen LogP contribution in [0.4, 0.5) is 0 Å². The van der Waals surface area contributed by atoms with Crippen molar-refractivity contribution >= 4 is 16.2 Å². The Kier molecular flexibility index (Phi) is 5.13. The molecule has 0 unspecified atom stereocenters. The molecule has 1 aliphatic rings. The Labute approximate surface area is 95.0 Å². The average molecular weight is 251 g/mol. The second-order valence-electron chi connectivity index (χ2n) is 3.55. The second-order valence-corrected chi connectivity index (χ2v) is 5.30. The highest BCUT2D eigenvalue weighted by Crippen LogP contribution is 2.00. The summed E-state index contributed by atoms with van der Waals surface area (Å²) in [5.74, 6) is -0.915. The fourth-order valence-corrected chi connectivity index (χ4v) is 2.66. The van der Waals surface area contributed by atoms with Gasteiger partial charge in [-0.15, -0.1) is 0 Å². The first-order chi connectivity index (χ1) is 7.52. The van der Waals surface area contributed by atoms with Gasteiger partial charge in [-0.05, 0) is 6.42 Å². The standard InChI is InChI=1S/C8H17N3O4S/c12-8(13)2-1-3-10-16(14,15)11-6-4-9-5-7-11/h9-10H,1-7H2,(H,12,13). The van der Waals surface area contributed by atoms with Gasteiger partial charge in [0.2, 0.25) is 0 Å². The SMILES string of the molecule is O=C(O)CCCNS(=O)(=O)N1CCNCC1. The number of carboxylic acids is 1. The Morgan fingerprint density at radius 3 is 2.56 bits per heavy atom. The zero-order valence-corrected chi connectivity index (χ0v) is 9.79. The van der Waals surface area contributed by atoms with Crippen LogP contribution in [0.5, 0.6) is 0 Å². The monoisotopic (exact) mass is 251 g/mol. The highest BCUT2D eigenvalue weighted by Gasteiger charge is 2.22. The van der Waals surface area contributed by atoms with E-state index in [2.05, 4.69) is 10.0 Å². The Hall–Kier alpha value is -0.700. The molecule has 8 heteroatoms. The van der Waals surface area contributed by atoms with Gasteiger partial charge in [-0.2, -0.15) is 12.7 Å². The molecule has 0 bridgehead atoms. The predicted octanol–water partition coefficient (Wildman–Crippen LogP) is -1.41. The third kappa shape index (κ3) is 4.44. The maximum Gasteiger partial charge on any atom is 0.303 e. The minimum atomic E-state index is -3.43. The van der Waals surface area contributed by atoms with E-state index in [4.69, 9.17) is 5.11 Å². The normalized spacial score (nSPS) is 18.5. The largest absolute Gasteiger partial charge is 0.481 e. The molecule has 7 nitrogen and oxygen atoms in total. The summed E-state index contributed by atoms with van der Waals surface area (Å²) >= 11 is 0. The van der Waals surface area contributed by atoms with Gasteiger partial charge in [0.15, 0.2) is 0 Å². The van der Waals surface area contributed by atoms with Crippen LogP contribution >= 0.6 is 0 Å². The third-order valence-corrected chi connectivity index (χ3v) is 3.88. The topological polar surface area (TPSA) is 98.7 Å². The molecule has 0 aromatic heterocycles. The van der Waals surface area contributed by atoms with Gasteiger partial charge in [0.25, 0.3) is 10.2 Å². The maximum atomic E-state index is 11.7. The summed E-state index contributed by atoms with van der Waals surface area (Å²) in [7, 11) is -3.43. The quantitative estimate of drug-likeness (QED) is 0.504. The predicted molar refractivity (Wildman–Crippen MR) is 58.2 cm³/mol. The molecule has 1 rings (SSSR count). The van der Waals surface area contributed by atoms with E-state index in [0.717, 1.165) is 0 Å². The number of hydrogen-bond donors (Lipinski definition) is 3. The fraction of sp³-hybridized carbons (Fsp3) is 0.875. The van der Waals surface area contributed by atoms with Crippen LogP contribution in [0.3, 0.4) is 0 Å². The molecule has 1 heterocycles. The van der Waals surface area contributed by atoms with Crippen molar-refractivity contribution in [2.45, 2.75) is 12.8 Å². The molecule has 0 aliphatic carbocycles. The van der Waals surface area contributed by atoms with Crippen LogP contribution in [-0.2, 0) is 15.0 Å². The number of rotatable bonds is 6. The van der Waals surface area contributed by atoms with Crippen LogP contribution in [0.25, 0.3) is 0 Å². The van der Waals surface area contributed by atoms with Crippen molar-refractivity contribution in [2.75, 3.05) is 32.7 Å². The van der Waals surface area contributed by atoms with E-state index in [1.807, 2.05) is 0 Å². The van der Waals surface area contributed by atoms with Crippen molar-refractivity contribution in [1.82, 2.24) is 14.3 Å². The maximum absolute atomic E-state index is 11.7. The smallest absolute Gasteiger partial charge is 0.303 e. The molecule has 0 spiro atoms. The highest BCUT2D eigenvalue weighted by atomic mass is 32.2. The van der Waals surface area contributed by atoms with Crippen molar-refractivity contribution in [3.8, 4) is 0 Å². The van der Waals surface area contributed by atoms with E-state index in [1.165, 1.54) is 4.31 Å². The van der Waals surface area contributed by atoms with Crippen molar-refractivity contribution in [3.63, 3.8) is 0 Å². The molecule has 1 aliphatic heterocycles. The zero-order chi connectivity index (χ0) is 12.0. The second kappa shape index (κ2) is 6.14. The summed E-state index contributed by atoms with van der Waals surface area (Å²) < 4.78 is 27.1. The van der Waals surface area contributed by atoms with Crippen LogP contribution in [-0.4, -0.2) is 56.5 Å². The molecule has 0 atom stereocenters. The third-order valence-electron chi connectivity index (χ3n) is 2.27. The fourth-order valence-electron chi connectivity index (χ4n) is 1.42. The van der Waals surface area contributed by atoms with Gasteiger partial charge in [0.05, 0.1) is 0 Å². The Morgan fingerprint density at radius 1 is 1.38 bits per heavy atom. The minimum absolute atomic E-state index is 0.0237. The summed E-state index contributed by atoms with van der Waals surface area (Å²) in [5.41, 5.74) is 0. The van der Waals surface area contributed by atoms with Gasteiger partial charge in [0, 0.05) is 39.1 Å². The van der Waals surface area contributed by atoms with Crippen LogP contribution in [0.2, 0.25) is 0 Å². The molecular formula is C8H17N3O4S. The first kappa shape index (κ1) is 13.4. The Morgan fingerprint density at radius 2 is 2.00 bits per heavy atom. The van der Waals surface area contributed by atoms with E-state index >= 15 is 0 Å². The number of nitrogens with one attached hydrogen (secondary N) is 2. The van der Waals surface area contributed by atoms with Crippen molar-refractivity contribution in [3.05, 3.63) is 0 Å². The van der Waals surface area contributed by atoms with Crippen molar-refractivity contribution < 1.29 is 18.3 Å². The number of hydrogen-bond acceptors (Lipinski definition) is 4. The molecular weight excluding hydrogens is 234 g/mol. The lowest BCUT2D eigenvalue weighted by Gasteiger charge is -2.26. The van der Waals surface area contributed by atoms with E-state index in [0.29, 0.717) is 32.6 Å². The summed E-state index contributed by atoms with van der Waals surface area (Å²) in [6.07, 6.45) is 0.282. The minimum Gasteiger partial charge on any atom is -0.481 e. The Balaban J connectivity index is 2.30. The number of nitrogens with zero attached hydrogens (tertiary/aromatic N) is 1. The first-order valence-electron chi connectivity index (χ1n) is 5.19. The van der Waals surface area contributed by atoms with E-state index in [-0.39, 0.29) is 13.0 Å². The summed E-state index contributed by atoms with van der Waals surface area (Å²) in [4.78, 5) is 10.2. The number of piperazine rings is 1. The Bertz CT molecular complexity index is 324. The van der Waals surface area contributed by atoms with Gasteiger partial charge in [-0.25, -0.2) is 4.72 Å². The zero-order valence-electron chi connectivity index (χ0n) is 8.98. The van der Waals surface area contributed by atoms with Gasteiger partial charge < -0.3 is 10.4 Å². The van der Waals surface area contributed by atoms with Gasteiger partial charge in [-0.3, -0.25) is 4.79 Å². The highest BCUT2D eigenvalue weighted by molar-refractivity contribution is 7.87. The molecule has 0 saturated carbocycles. The van der Waals surface area contributed by atoms with E-state index < -0.39 is 16.2 Å². The lowest BCUT2D eigenvalue weighted by Crippen LogP contribution is -2.50. The number of carbonyl (C=O) groups is 1. The molecule has 0 radical (unpaired) electrons. The molecule has 0 amide bonds. The van der Waals surface area contributed by atoms with Crippen LogP contribution in [0.15, 0.2) is 0 Å². The average Bonchev–Trinajstić information content (AvgIpc) is 2.26. The van der Waals surface area contributed by atoms with Crippen LogP contribution < -0.4 is 10.0 Å². The molecule has 0 aromatic rings. The van der Waals surface area contributed by atoms with Crippen LogP contribution in [0.1, 0.15) is 12.8 Å². The molecule has 3 N–H and O–H groups in total. The summed E-state index contributed by atoms with van der Waals surface area (Å²) in [6.45, 7) is 2.37. The lowest BCUT2D eigenvalue weighted by molar-refractivity contribution is -0.137. The van der Waals surface area contributed by atoms with Crippen molar-refractivity contribution in [1.29, 1.82) is 0 Å². The molecule has 1 fully saturated rings. The van der Waals surface area contributed by atoms with E-state index in [1.54, 1.807) is 0 Å². The first-order valence-corrected chi connectivity index (χ1v) is 6.63. The van der Waals surface area contributed by atoms with Crippen molar-refractivity contribution in [2.24, 2.45) is 0 Å². The lowest BCUT2D eigenvalue weighted by atomic mass is 10.3. The van der Waals surface area contributed by atoms with Gasteiger partial charge in [-0.1, -0.05) is 0 Å². The van der Waals surface area contributed by atoms with Crippen LogP contribution in [0, 0.1) is 0 Å². The van der Waals surface area contributed by atoms with E-state index in [9.17, 15) is 13.2 Å². The van der Waals surface area contributed by atoms with Gasteiger partial charge >= 0.3 is 5.97 Å². The van der Waals surface area contributed by atoms with Gasteiger partial charge in [0.1, 0.15) is 0 Å². The molecule has 1 saturated heterocycles. The summed E-state index contributed by atoms with van der Waals surface area (Å²) in [5, 5.41) is 11.5. The molecule has 0 aromatic carbocycles. The summed E-state index contributed by atoms with van der Waals surface area (Å²) in [6, 6.07) is 0. The number of carboxylic acid groups (broad SMARTS) is 1. The molecule has 94 valence electrons.